The molecule has 0 aliphatic heterocycles. The van der Waals surface area contributed by atoms with Gasteiger partial charge in [0.2, 0.25) is 0 Å². The second-order valence-corrected chi connectivity index (χ2v) is 2.62. The van der Waals surface area contributed by atoms with Gasteiger partial charge in [0.1, 0.15) is 0 Å². The summed E-state index contributed by atoms with van der Waals surface area (Å²) in [7, 11) is 0. The fourth-order valence-electron chi connectivity index (χ4n) is 1.51. The van der Waals surface area contributed by atoms with Gasteiger partial charge in [-0.15, -0.1) is 0 Å². The minimum absolute atomic E-state index is 0. The largest absolute Gasteiger partial charge is 0.0620 e. The molecule has 0 N–H and O–H groups in total. The van der Waals surface area contributed by atoms with E-state index in [0.717, 1.165) is 0 Å². The summed E-state index contributed by atoms with van der Waals surface area (Å²) in [5.41, 5.74) is 3.13. The molecule has 0 atom stereocenters. The number of hydrogen-bond acceptors (Lipinski definition) is 0. The summed E-state index contributed by atoms with van der Waals surface area (Å²) < 4.78 is 0. The number of hydrogen-bond donors (Lipinski definition) is 0. The molecule has 0 spiro atoms. The molecule has 10 heavy (non-hydrogen) atoms. The molecule has 0 saturated heterocycles. The van der Waals surface area contributed by atoms with Gasteiger partial charge in [-0.25, -0.2) is 0 Å². The van der Waals surface area contributed by atoms with Crippen molar-refractivity contribution in [1.29, 1.82) is 0 Å². The van der Waals surface area contributed by atoms with Crippen LogP contribution in [0.2, 0.25) is 0 Å². The van der Waals surface area contributed by atoms with Gasteiger partial charge in [0.25, 0.3) is 0 Å². The van der Waals surface area contributed by atoms with Gasteiger partial charge >= 0.3 is 0 Å². The van der Waals surface area contributed by atoms with Gasteiger partial charge in [-0.3, -0.25) is 0 Å². The van der Waals surface area contributed by atoms with Gasteiger partial charge in [-0.1, -0.05) is 24.3 Å². The summed E-state index contributed by atoms with van der Waals surface area (Å²) >= 11 is 0. The maximum absolute atomic E-state index is 2.24. The van der Waals surface area contributed by atoms with E-state index in [1.165, 1.54) is 19.3 Å². The molecule has 0 nitrogen and oxygen atoms in total. The maximum Gasteiger partial charge on any atom is 0 e. The summed E-state index contributed by atoms with van der Waals surface area (Å²) in [5, 5.41) is 0. The third-order valence-corrected chi connectivity index (χ3v) is 2.01. The Morgan fingerprint density at radius 1 is 0.900 bits per heavy atom. The van der Waals surface area contributed by atoms with Crippen molar-refractivity contribution in [3.8, 4) is 0 Å². The molecular weight excluding hydrogens is 131 g/mol. The third kappa shape index (κ3) is 1.45. The van der Waals surface area contributed by atoms with Crippen molar-refractivity contribution in [3.63, 3.8) is 0 Å². The first-order chi connectivity index (χ1) is 4.47. The molecular formula is C9H10Na. The standard InChI is InChI=1S/C9H10.Na/c1-2-5-9-7-3-6-8(9)4-1;/h1-2,4-5H,3,6-7H2;. The average molecular weight is 141 g/mol. The zero-order chi connectivity index (χ0) is 6.10. The van der Waals surface area contributed by atoms with Crippen molar-refractivity contribution in [1.82, 2.24) is 0 Å². The summed E-state index contributed by atoms with van der Waals surface area (Å²) in [6.45, 7) is 0. The molecule has 0 bridgehead atoms. The molecule has 1 aromatic rings. The Morgan fingerprint density at radius 2 is 1.40 bits per heavy atom. The van der Waals surface area contributed by atoms with E-state index in [1.54, 1.807) is 11.1 Å². The molecule has 2 rings (SSSR count). The van der Waals surface area contributed by atoms with E-state index in [9.17, 15) is 0 Å². The van der Waals surface area contributed by atoms with Crippen LogP contribution in [0.3, 0.4) is 0 Å². The number of fused-ring (bicyclic) bond motifs is 1. The van der Waals surface area contributed by atoms with Crippen LogP contribution < -0.4 is 0 Å². The van der Waals surface area contributed by atoms with Crippen molar-refractivity contribution in [3.05, 3.63) is 35.4 Å². The summed E-state index contributed by atoms with van der Waals surface area (Å²) in [6.07, 6.45) is 3.96. The van der Waals surface area contributed by atoms with Crippen LogP contribution in [0, 0.1) is 0 Å². The third-order valence-electron chi connectivity index (χ3n) is 2.01. The van der Waals surface area contributed by atoms with E-state index < -0.39 is 0 Å². The van der Waals surface area contributed by atoms with Crippen molar-refractivity contribution in [2.75, 3.05) is 0 Å². The van der Waals surface area contributed by atoms with E-state index >= 15 is 0 Å². The molecule has 47 valence electrons. The molecule has 0 unspecified atom stereocenters. The molecule has 0 fully saturated rings. The Morgan fingerprint density at radius 3 is 1.90 bits per heavy atom. The van der Waals surface area contributed by atoms with Gasteiger partial charge in [0, 0.05) is 29.6 Å². The van der Waals surface area contributed by atoms with E-state index in [4.69, 9.17) is 0 Å². The Kier molecular flexibility index (Phi) is 2.96. The van der Waals surface area contributed by atoms with Crippen LogP contribution >= 0.6 is 0 Å². The first-order valence-electron chi connectivity index (χ1n) is 3.53. The molecule has 1 radical (unpaired) electrons. The van der Waals surface area contributed by atoms with Gasteiger partial charge in [-0.05, 0) is 30.4 Å². The van der Waals surface area contributed by atoms with Gasteiger partial charge in [-0.2, -0.15) is 0 Å². The zero-order valence-electron chi connectivity index (χ0n) is 6.43. The summed E-state index contributed by atoms with van der Waals surface area (Å²) in [6, 6.07) is 8.74. The van der Waals surface area contributed by atoms with E-state index in [2.05, 4.69) is 24.3 Å². The van der Waals surface area contributed by atoms with Crippen LogP contribution in [0.25, 0.3) is 0 Å². The molecule has 1 aromatic carbocycles. The fraction of sp³-hybridized carbons (Fsp3) is 0.333. The van der Waals surface area contributed by atoms with Crippen LogP contribution in [0.5, 0.6) is 0 Å². The normalized spacial score (nSPS) is 14.0. The van der Waals surface area contributed by atoms with E-state index in [-0.39, 0.29) is 29.6 Å². The molecule has 0 amide bonds. The molecule has 0 heterocycles. The van der Waals surface area contributed by atoms with Crippen molar-refractivity contribution in [2.45, 2.75) is 19.3 Å². The van der Waals surface area contributed by atoms with Crippen molar-refractivity contribution in [2.24, 2.45) is 0 Å². The molecule has 1 aliphatic rings. The SMILES string of the molecule is [Na].c1ccc2c(c1)CCC2. The minimum Gasteiger partial charge on any atom is -0.0620 e. The van der Waals surface area contributed by atoms with E-state index in [1.807, 2.05) is 0 Å². The first-order valence-corrected chi connectivity index (χ1v) is 3.53. The Labute approximate surface area is 83.9 Å². The van der Waals surface area contributed by atoms with Crippen molar-refractivity contribution < 1.29 is 0 Å². The van der Waals surface area contributed by atoms with Gasteiger partial charge in [0.15, 0.2) is 0 Å². The zero-order valence-corrected chi connectivity index (χ0v) is 8.43. The maximum atomic E-state index is 2.24. The van der Waals surface area contributed by atoms with Crippen LogP contribution in [-0.4, -0.2) is 29.6 Å². The predicted molar refractivity (Wildman–Crippen MR) is 44.2 cm³/mol. The molecule has 1 aliphatic carbocycles. The Hall–Kier alpha value is 0.220. The van der Waals surface area contributed by atoms with E-state index in [0.29, 0.717) is 0 Å². The Balaban J connectivity index is 0.000000500. The fourth-order valence-corrected chi connectivity index (χ4v) is 1.51. The minimum atomic E-state index is 0. The number of benzene rings is 1. The number of rotatable bonds is 0. The average Bonchev–Trinajstić information content (AvgIpc) is 2.33. The smallest absolute Gasteiger partial charge is 0 e. The summed E-state index contributed by atoms with van der Waals surface area (Å²) in [5.74, 6) is 0. The second kappa shape index (κ2) is 3.56. The first kappa shape index (κ1) is 8.32. The van der Waals surface area contributed by atoms with Crippen LogP contribution in [0.4, 0.5) is 0 Å². The van der Waals surface area contributed by atoms with Crippen LogP contribution in [-0.2, 0) is 12.8 Å². The number of aryl methyl sites for hydroxylation is 2. The predicted octanol–water partition coefficient (Wildman–Crippen LogP) is 1.79. The monoisotopic (exact) mass is 141 g/mol. The Bertz CT molecular complexity index is 195. The van der Waals surface area contributed by atoms with Crippen LogP contribution in [0.15, 0.2) is 24.3 Å². The molecule has 0 saturated carbocycles. The van der Waals surface area contributed by atoms with Crippen LogP contribution in [0.1, 0.15) is 17.5 Å². The quantitative estimate of drug-likeness (QED) is 0.483. The topological polar surface area (TPSA) is 0 Å². The molecule has 0 aromatic heterocycles. The molecule has 1 heteroatoms. The van der Waals surface area contributed by atoms with Gasteiger partial charge < -0.3 is 0 Å². The summed E-state index contributed by atoms with van der Waals surface area (Å²) in [4.78, 5) is 0. The van der Waals surface area contributed by atoms with Gasteiger partial charge in [0.05, 0.1) is 0 Å². The van der Waals surface area contributed by atoms with Crippen molar-refractivity contribution >= 4 is 29.6 Å². The second-order valence-electron chi connectivity index (χ2n) is 2.62.